The van der Waals surface area contributed by atoms with E-state index in [1.54, 1.807) is 0 Å². The lowest BCUT2D eigenvalue weighted by Crippen LogP contribution is -2.29. The Kier molecular flexibility index (Phi) is 4.76. The van der Waals surface area contributed by atoms with E-state index in [4.69, 9.17) is 0 Å². The van der Waals surface area contributed by atoms with Crippen LogP contribution >= 0.6 is 0 Å². The summed E-state index contributed by atoms with van der Waals surface area (Å²) in [5, 5.41) is 9.69. The smallest absolute Gasteiger partial charge is 0.251 e. The third kappa shape index (κ3) is 4.20. The third-order valence-corrected chi connectivity index (χ3v) is 2.19. The van der Waals surface area contributed by atoms with Crippen molar-refractivity contribution in [1.29, 1.82) is 0 Å². The van der Waals surface area contributed by atoms with Crippen LogP contribution in [0.5, 0.6) is 0 Å². The number of alkyl halides is 2. The van der Waals surface area contributed by atoms with Gasteiger partial charge in [-0.1, -0.05) is 12.1 Å². The molecule has 0 aliphatic carbocycles. The normalized spacial score (nSPS) is 13.4. The molecule has 0 saturated carbocycles. The zero-order valence-corrected chi connectivity index (χ0v) is 8.91. The number of hydrogen-bond acceptors (Lipinski definition) is 2. The van der Waals surface area contributed by atoms with Gasteiger partial charge in [-0.3, -0.25) is 4.90 Å². The molecule has 0 radical (unpaired) electrons. The first-order valence-electron chi connectivity index (χ1n) is 4.89. The zero-order valence-electron chi connectivity index (χ0n) is 8.91. The molecule has 1 unspecified atom stereocenters. The Morgan fingerprint density at radius 2 is 1.75 bits per heavy atom. The molecule has 1 aromatic rings. The molecule has 0 aliphatic rings. The molecule has 5 heteroatoms. The first-order chi connectivity index (χ1) is 7.49. The number of nitrogens with zero attached hydrogens (tertiary/aromatic N) is 1. The lowest BCUT2D eigenvalue weighted by Gasteiger charge is -2.20. The van der Waals surface area contributed by atoms with Crippen LogP contribution in [0.25, 0.3) is 0 Å². The fraction of sp³-hybridized carbons (Fsp3) is 0.455. The number of benzene rings is 1. The fourth-order valence-electron chi connectivity index (χ4n) is 1.40. The first kappa shape index (κ1) is 13.0. The van der Waals surface area contributed by atoms with Crippen molar-refractivity contribution in [2.75, 3.05) is 20.1 Å². The highest BCUT2D eigenvalue weighted by molar-refractivity contribution is 5.18. The monoisotopic (exact) mass is 233 g/mol. The second-order valence-corrected chi connectivity index (χ2v) is 3.68. The number of likely N-dealkylation sites (N-methyl/N-ethyl adjacent to an activating group) is 1. The molecule has 1 rings (SSSR count). The predicted octanol–water partition coefficient (Wildman–Crippen LogP) is 2.06. The van der Waals surface area contributed by atoms with Crippen molar-refractivity contribution in [1.82, 2.24) is 4.90 Å². The van der Waals surface area contributed by atoms with E-state index >= 15 is 0 Å². The summed E-state index contributed by atoms with van der Waals surface area (Å²) in [6.07, 6.45) is -3.31. The Morgan fingerprint density at radius 1 is 1.19 bits per heavy atom. The van der Waals surface area contributed by atoms with E-state index in [0.717, 1.165) is 0 Å². The van der Waals surface area contributed by atoms with Crippen molar-refractivity contribution in [2.45, 2.75) is 12.5 Å². The molecule has 16 heavy (non-hydrogen) atoms. The second-order valence-electron chi connectivity index (χ2n) is 3.68. The SMILES string of the molecule is CN(CC(F)F)CC(O)c1ccc(F)cc1. The molecule has 1 N–H and O–H groups in total. The van der Waals surface area contributed by atoms with Crippen molar-refractivity contribution in [3.63, 3.8) is 0 Å². The Balaban J connectivity index is 2.51. The van der Waals surface area contributed by atoms with Crippen molar-refractivity contribution >= 4 is 0 Å². The number of rotatable bonds is 5. The Bertz CT molecular complexity index is 316. The van der Waals surface area contributed by atoms with Gasteiger partial charge in [0.25, 0.3) is 6.43 Å². The van der Waals surface area contributed by atoms with Crippen LogP contribution in [0.1, 0.15) is 11.7 Å². The quantitative estimate of drug-likeness (QED) is 0.841. The fourth-order valence-corrected chi connectivity index (χ4v) is 1.40. The summed E-state index contributed by atoms with van der Waals surface area (Å²) in [6.45, 7) is -0.297. The van der Waals surface area contributed by atoms with Crippen LogP contribution in [-0.2, 0) is 0 Å². The molecule has 1 atom stereocenters. The summed E-state index contributed by atoms with van der Waals surface area (Å²) in [6, 6.07) is 5.34. The van der Waals surface area contributed by atoms with E-state index in [1.807, 2.05) is 0 Å². The van der Waals surface area contributed by atoms with E-state index in [9.17, 15) is 18.3 Å². The highest BCUT2D eigenvalue weighted by atomic mass is 19.3. The van der Waals surface area contributed by atoms with E-state index in [1.165, 1.54) is 36.2 Å². The Hall–Kier alpha value is -1.07. The van der Waals surface area contributed by atoms with Crippen LogP contribution < -0.4 is 0 Å². The standard InChI is InChI=1S/C11H14F3NO/c1-15(7-11(13)14)6-10(16)8-2-4-9(12)5-3-8/h2-5,10-11,16H,6-7H2,1H3. The minimum atomic E-state index is -2.43. The van der Waals surface area contributed by atoms with Crippen molar-refractivity contribution < 1.29 is 18.3 Å². The average Bonchev–Trinajstić information content (AvgIpc) is 2.16. The van der Waals surface area contributed by atoms with Crippen LogP contribution in [0, 0.1) is 5.82 Å². The molecule has 0 heterocycles. The molecule has 90 valence electrons. The maximum atomic E-state index is 12.6. The number of aliphatic hydroxyl groups excluding tert-OH is 1. The number of halogens is 3. The second kappa shape index (κ2) is 5.86. The van der Waals surface area contributed by atoms with E-state index in [0.29, 0.717) is 5.56 Å². The summed E-state index contributed by atoms with van der Waals surface area (Å²) in [5.74, 6) is -0.392. The first-order valence-corrected chi connectivity index (χ1v) is 4.89. The molecule has 0 amide bonds. The number of hydrogen-bond donors (Lipinski definition) is 1. The van der Waals surface area contributed by atoms with Crippen molar-refractivity contribution in [3.05, 3.63) is 35.6 Å². The molecular weight excluding hydrogens is 219 g/mol. The van der Waals surface area contributed by atoms with E-state index in [2.05, 4.69) is 0 Å². The van der Waals surface area contributed by atoms with Gasteiger partial charge in [0.2, 0.25) is 0 Å². The topological polar surface area (TPSA) is 23.5 Å². The van der Waals surface area contributed by atoms with Gasteiger partial charge in [0.15, 0.2) is 0 Å². The largest absolute Gasteiger partial charge is 0.387 e. The van der Waals surface area contributed by atoms with Gasteiger partial charge in [-0.05, 0) is 24.7 Å². The van der Waals surface area contributed by atoms with Gasteiger partial charge < -0.3 is 5.11 Å². The average molecular weight is 233 g/mol. The Labute approximate surface area is 92.3 Å². The third-order valence-electron chi connectivity index (χ3n) is 2.19. The van der Waals surface area contributed by atoms with Crippen LogP contribution in [0.15, 0.2) is 24.3 Å². The van der Waals surface area contributed by atoms with Gasteiger partial charge in [0.1, 0.15) is 5.82 Å². The van der Waals surface area contributed by atoms with E-state index in [-0.39, 0.29) is 6.54 Å². The Morgan fingerprint density at radius 3 is 2.25 bits per heavy atom. The maximum Gasteiger partial charge on any atom is 0.251 e. The molecule has 0 saturated heterocycles. The molecule has 0 fully saturated rings. The van der Waals surface area contributed by atoms with Crippen LogP contribution in [0.3, 0.4) is 0 Å². The summed E-state index contributed by atoms with van der Waals surface area (Å²) in [5.41, 5.74) is 0.516. The molecule has 0 spiro atoms. The van der Waals surface area contributed by atoms with Gasteiger partial charge in [-0.25, -0.2) is 13.2 Å². The summed E-state index contributed by atoms with van der Waals surface area (Å²) in [4.78, 5) is 1.33. The van der Waals surface area contributed by atoms with Crippen LogP contribution in [0.2, 0.25) is 0 Å². The van der Waals surface area contributed by atoms with Crippen LogP contribution in [-0.4, -0.2) is 36.6 Å². The minimum Gasteiger partial charge on any atom is -0.387 e. The predicted molar refractivity (Wildman–Crippen MR) is 54.9 cm³/mol. The van der Waals surface area contributed by atoms with Crippen molar-refractivity contribution in [3.8, 4) is 0 Å². The molecule has 0 aliphatic heterocycles. The lowest BCUT2D eigenvalue weighted by molar-refractivity contribution is 0.0680. The molecule has 1 aromatic carbocycles. The van der Waals surface area contributed by atoms with Gasteiger partial charge in [0.05, 0.1) is 12.6 Å². The van der Waals surface area contributed by atoms with Crippen molar-refractivity contribution in [2.24, 2.45) is 0 Å². The number of aliphatic hydroxyl groups is 1. The summed E-state index contributed by atoms with van der Waals surface area (Å²) < 4.78 is 36.6. The van der Waals surface area contributed by atoms with Gasteiger partial charge in [0, 0.05) is 6.54 Å². The lowest BCUT2D eigenvalue weighted by atomic mass is 10.1. The zero-order chi connectivity index (χ0) is 12.1. The van der Waals surface area contributed by atoms with Gasteiger partial charge in [-0.15, -0.1) is 0 Å². The maximum absolute atomic E-state index is 12.6. The molecular formula is C11H14F3NO. The minimum absolute atomic E-state index is 0.0932. The molecule has 2 nitrogen and oxygen atoms in total. The van der Waals surface area contributed by atoms with Gasteiger partial charge in [-0.2, -0.15) is 0 Å². The summed E-state index contributed by atoms with van der Waals surface area (Å²) in [7, 11) is 1.50. The highest BCUT2D eigenvalue weighted by Crippen LogP contribution is 2.14. The van der Waals surface area contributed by atoms with Gasteiger partial charge >= 0.3 is 0 Å². The van der Waals surface area contributed by atoms with Crippen LogP contribution in [0.4, 0.5) is 13.2 Å². The molecule has 0 bridgehead atoms. The molecule has 0 aromatic heterocycles. The highest BCUT2D eigenvalue weighted by Gasteiger charge is 2.13. The van der Waals surface area contributed by atoms with E-state index < -0.39 is 24.9 Å². The summed E-state index contributed by atoms with van der Waals surface area (Å²) >= 11 is 0.